The molecule has 0 saturated carbocycles. The van der Waals surface area contributed by atoms with Crippen LogP contribution in [0.1, 0.15) is 32.3 Å². The second-order valence-electron chi connectivity index (χ2n) is 5.63. The number of rotatable bonds is 9. The van der Waals surface area contributed by atoms with Crippen LogP contribution in [0.15, 0.2) is 35.2 Å². The largest absolute Gasteiger partial charge is 0.406 e. The molecule has 9 heteroatoms. The van der Waals surface area contributed by atoms with Crippen LogP contribution in [0.5, 0.6) is 0 Å². The highest BCUT2D eigenvalue weighted by Crippen LogP contribution is 2.18. The molecule has 0 saturated heterocycles. The van der Waals surface area contributed by atoms with E-state index in [1.54, 1.807) is 6.92 Å². The van der Waals surface area contributed by atoms with Gasteiger partial charge in [-0.15, -0.1) is 0 Å². The van der Waals surface area contributed by atoms with Gasteiger partial charge >= 0.3 is 6.18 Å². The summed E-state index contributed by atoms with van der Waals surface area (Å²) >= 11 is 0. The summed E-state index contributed by atoms with van der Waals surface area (Å²) in [5.41, 5.74) is 0.510. The molecule has 0 heterocycles. The summed E-state index contributed by atoms with van der Waals surface area (Å²) < 4.78 is 63.8. The molecule has 0 fully saturated rings. The molecule has 0 aliphatic rings. The topological polar surface area (TPSA) is 66.5 Å². The summed E-state index contributed by atoms with van der Waals surface area (Å²) in [6, 6.07) is 5.70. The van der Waals surface area contributed by atoms with Gasteiger partial charge in [0, 0.05) is 19.2 Å². The third kappa shape index (κ3) is 7.57. The van der Waals surface area contributed by atoms with E-state index >= 15 is 0 Å². The quantitative estimate of drug-likeness (QED) is 0.657. The Kier molecular flexibility index (Phi) is 8.29. The van der Waals surface area contributed by atoms with Crippen molar-refractivity contribution in [2.24, 2.45) is 0 Å². The first-order valence-corrected chi connectivity index (χ1v) is 9.71. The lowest BCUT2D eigenvalue weighted by atomic mass is 10.2. The van der Waals surface area contributed by atoms with Gasteiger partial charge in [0.15, 0.2) is 0 Å². The lowest BCUT2D eigenvalue weighted by Crippen LogP contribution is -2.38. The van der Waals surface area contributed by atoms with Crippen LogP contribution in [-0.2, 0) is 14.8 Å². The molecule has 0 bridgehead atoms. The number of nitrogens with zero attached hydrogens (tertiary/aromatic N) is 1. The highest BCUT2D eigenvalue weighted by atomic mass is 32.2. The van der Waals surface area contributed by atoms with Gasteiger partial charge in [-0.25, -0.2) is 13.1 Å². The van der Waals surface area contributed by atoms with Crippen LogP contribution in [0.25, 0.3) is 6.08 Å². The monoisotopic (exact) mass is 392 g/mol. The van der Waals surface area contributed by atoms with Crippen molar-refractivity contribution < 1.29 is 26.4 Å². The molecule has 0 unspecified atom stereocenters. The van der Waals surface area contributed by atoms with Crippen LogP contribution < -0.4 is 4.72 Å². The van der Waals surface area contributed by atoms with E-state index in [0.717, 1.165) is 11.0 Å². The molecule has 0 aliphatic heterocycles. The number of amides is 1. The maximum absolute atomic E-state index is 12.6. The Balaban J connectivity index is 2.84. The lowest BCUT2D eigenvalue weighted by Gasteiger charge is -2.22. The molecule has 0 aliphatic carbocycles. The van der Waals surface area contributed by atoms with Crippen molar-refractivity contribution in [3.05, 3.63) is 35.9 Å². The fraction of sp³-hybridized carbons (Fsp3) is 0.471. The Hall–Kier alpha value is -1.87. The Morgan fingerprint density at radius 1 is 1.19 bits per heavy atom. The summed E-state index contributed by atoms with van der Waals surface area (Å²) in [5.74, 6) is -0.736. The maximum Gasteiger partial charge on any atom is 0.406 e. The third-order valence-corrected chi connectivity index (χ3v) is 4.97. The third-order valence-electron chi connectivity index (χ3n) is 3.41. The summed E-state index contributed by atoms with van der Waals surface area (Å²) in [6.07, 6.45) is -0.879. The molecule has 146 valence electrons. The van der Waals surface area contributed by atoms with E-state index < -0.39 is 28.7 Å². The Labute approximate surface area is 151 Å². The number of unbranched alkanes of at least 4 members (excludes halogenated alkanes) is 1. The number of hydrogen-bond acceptors (Lipinski definition) is 3. The average molecular weight is 392 g/mol. The number of alkyl halides is 3. The first-order valence-electron chi connectivity index (χ1n) is 8.22. The van der Waals surface area contributed by atoms with E-state index in [-0.39, 0.29) is 18.0 Å². The number of benzene rings is 1. The highest BCUT2D eigenvalue weighted by Gasteiger charge is 2.32. The molecule has 1 aromatic carbocycles. The molecule has 1 amide bonds. The van der Waals surface area contributed by atoms with Gasteiger partial charge in [0.25, 0.3) is 0 Å². The number of carbonyl (C=O) groups is 1. The van der Waals surface area contributed by atoms with Crippen molar-refractivity contribution in [1.29, 1.82) is 0 Å². The number of carbonyl (C=O) groups excluding carboxylic acids is 1. The first-order chi connectivity index (χ1) is 12.1. The van der Waals surface area contributed by atoms with E-state index in [0.29, 0.717) is 18.4 Å². The molecule has 0 atom stereocenters. The molecular weight excluding hydrogens is 369 g/mol. The van der Waals surface area contributed by atoms with Gasteiger partial charge in [0.05, 0.1) is 4.90 Å². The number of sulfonamides is 1. The predicted molar refractivity (Wildman–Crippen MR) is 93.9 cm³/mol. The molecule has 1 aromatic rings. The zero-order valence-electron chi connectivity index (χ0n) is 14.7. The molecule has 26 heavy (non-hydrogen) atoms. The summed E-state index contributed by atoms with van der Waals surface area (Å²) in [7, 11) is -3.58. The van der Waals surface area contributed by atoms with Crippen molar-refractivity contribution >= 4 is 22.0 Å². The van der Waals surface area contributed by atoms with Crippen LogP contribution in [-0.4, -0.2) is 45.0 Å². The van der Waals surface area contributed by atoms with Gasteiger partial charge < -0.3 is 4.90 Å². The minimum Gasteiger partial charge on any atom is -0.330 e. The van der Waals surface area contributed by atoms with Gasteiger partial charge in [-0.3, -0.25) is 4.79 Å². The predicted octanol–water partition coefficient (Wildman–Crippen LogP) is 3.19. The van der Waals surface area contributed by atoms with Crippen molar-refractivity contribution in [3.8, 4) is 0 Å². The molecule has 0 radical (unpaired) electrons. The van der Waals surface area contributed by atoms with Crippen LogP contribution in [0, 0.1) is 0 Å². The maximum atomic E-state index is 12.6. The van der Waals surface area contributed by atoms with E-state index in [1.165, 1.54) is 30.3 Å². The summed E-state index contributed by atoms with van der Waals surface area (Å²) in [5, 5.41) is 0. The second-order valence-corrected chi connectivity index (χ2v) is 7.40. The van der Waals surface area contributed by atoms with Crippen LogP contribution >= 0.6 is 0 Å². The lowest BCUT2D eigenvalue weighted by molar-refractivity contribution is -0.158. The zero-order valence-corrected chi connectivity index (χ0v) is 15.5. The molecule has 1 N–H and O–H groups in total. The Morgan fingerprint density at radius 2 is 1.81 bits per heavy atom. The second kappa shape index (κ2) is 9.72. The van der Waals surface area contributed by atoms with Gasteiger partial charge in [-0.05, 0) is 30.2 Å². The number of hydrogen-bond donors (Lipinski definition) is 1. The van der Waals surface area contributed by atoms with Gasteiger partial charge in [0.2, 0.25) is 15.9 Å². The zero-order chi connectivity index (χ0) is 19.8. The SMILES string of the molecule is CCCCN(CC(F)(F)F)C(=O)/C=C/c1ccc(S(=O)(=O)NCC)cc1. The normalized spacial score (nSPS) is 12.5. The fourth-order valence-corrected chi connectivity index (χ4v) is 3.18. The molecule has 5 nitrogen and oxygen atoms in total. The van der Waals surface area contributed by atoms with Crippen molar-refractivity contribution in [2.45, 2.75) is 37.8 Å². The first kappa shape index (κ1) is 22.2. The van der Waals surface area contributed by atoms with Crippen molar-refractivity contribution in [1.82, 2.24) is 9.62 Å². The van der Waals surface area contributed by atoms with Crippen molar-refractivity contribution in [2.75, 3.05) is 19.6 Å². The van der Waals surface area contributed by atoms with Crippen LogP contribution in [0.4, 0.5) is 13.2 Å². The van der Waals surface area contributed by atoms with Crippen LogP contribution in [0.3, 0.4) is 0 Å². The Bertz CT molecular complexity index is 714. The molecule has 0 aromatic heterocycles. The Morgan fingerprint density at radius 3 is 2.31 bits per heavy atom. The summed E-state index contributed by atoms with van der Waals surface area (Å²) in [4.78, 5) is 12.9. The fourth-order valence-electron chi connectivity index (χ4n) is 2.14. The van der Waals surface area contributed by atoms with E-state index in [9.17, 15) is 26.4 Å². The molecular formula is C17H23F3N2O3S. The van der Waals surface area contributed by atoms with Gasteiger partial charge in [-0.1, -0.05) is 32.4 Å². The number of halogens is 3. The van der Waals surface area contributed by atoms with E-state index in [2.05, 4.69) is 4.72 Å². The summed E-state index contributed by atoms with van der Waals surface area (Å²) in [6.45, 7) is 2.47. The number of nitrogens with one attached hydrogen (secondary N) is 1. The van der Waals surface area contributed by atoms with Gasteiger partial charge in [-0.2, -0.15) is 13.2 Å². The molecule has 1 rings (SSSR count). The van der Waals surface area contributed by atoms with Crippen molar-refractivity contribution in [3.63, 3.8) is 0 Å². The van der Waals surface area contributed by atoms with E-state index in [1.807, 2.05) is 6.92 Å². The minimum atomic E-state index is -4.46. The van der Waals surface area contributed by atoms with Crippen LogP contribution in [0.2, 0.25) is 0 Å². The smallest absolute Gasteiger partial charge is 0.330 e. The highest BCUT2D eigenvalue weighted by molar-refractivity contribution is 7.89. The molecule has 0 spiro atoms. The average Bonchev–Trinajstić information content (AvgIpc) is 2.55. The standard InChI is InChI=1S/C17H23F3N2O3S/c1-3-5-12-22(13-17(18,19)20)16(23)11-8-14-6-9-15(10-7-14)26(24,25)21-4-2/h6-11,21H,3-5,12-13H2,1-2H3/b11-8+. The van der Waals surface area contributed by atoms with E-state index in [4.69, 9.17) is 0 Å². The van der Waals surface area contributed by atoms with Gasteiger partial charge in [0.1, 0.15) is 6.54 Å². The minimum absolute atomic E-state index is 0.0268.